The summed E-state index contributed by atoms with van der Waals surface area (Å²) in [6, 6.07) is 12.0. The average Bonchev–Trinajstić information content (AvgIpc) is 3.08. The minimum atomic E-state index is 0.629. The standard InChI is InChI=1S/C14H12N5P/c1-20-18-9-13(10-5-4-8-15-14(10)18)19-12-7-3-2-6-11(12)16-17-19/h2-9,20H,1H3. The molecule has 3 heterocycles. The molecule has 0 bridgehead atoms. The lowest BCUT2D eigenvalue weighted by atomic mass is 10.3. The van der Waals surface area contributed by atoms with Crippen LogP contribution < -0.4 is 0 Å². The van der Waals surface area contributed by atoms with Crippen molar-refractivity contribution in [3.8, 4) is 5.69 Å². The molecule has 0 saturated heterocycles. The molecule has 3 aromatic heterocycles. The highest BCUT2D eigenvalue weighted by Crippen LogP contribution is 2.28. The zero-order chi connectivity index (χ0) is 13.5. The van der Waals surface area contributed by atoms with E-state index < -0.39 is 0 Å². The van der Waals surface area contributed by atoms with Crippen molar-refractivity contribution in [3.05, 3.63) is 48.8 Å². The third kappa shape index (κ3) is 1.57. The van der Waals surface area contributed by atoms with Gasteiger partial charge in [0.25, 0.3) is 0 Å². The number of hydrogen-bond acceptors (Lipinski definition) is 3. The number of aromatic nitrogens is 5. The molecule has 0 spiro atoms. The Hall–Kier alpha value is -2.26. The molecule has 0 radical (unpaired) electrons. The van der Waals surface area contributed by atoms with Gasteiger partial charge < -0.3 is 4.34 Å². The molecule has 4 aromatic rings. The number of benzene rings is 1. The van der Waals surface area contributed by atoms with E-state index in [4.69, 9.17) is 0 Å². The fourth-order valence-electron chi connectivity index (χ4n) is 2.43. The minimum Gasteiger partial charge on any atom is -0.312 e. The van der Waals surface area contributed by atoms with Gasteiger partial charge in [0.1, 0.15) is 11.2 Å². The predicted octanol–water partition coefficient (Wildman–Crippen LogP) is 2.84. The van der Waals surface area contributed by atoms with Crippen molar-refractivity contribution in [2.45, 2.75) is 0 Å². The Balaban J connectivity index is 2.07. The van der Waals surface area contributed by atoms with Gasteiger partial charge in [-0.25, -0.2) is 9.67 Å². The lowest BCUT2D eigenvalue weighted by Gasteiger charge is -1.99. The van der Waals surface area contributed by atoms with Crippen molar-refractivity contribution in [2.75, 3.05) is 6.66 Å². The molecule has 98 valence electrons. The third-order valence-electron chi connectivity index (χ3n) is 3.36. The monoisotopic (exact) mass is 281 g/mol. The van der Waals surface area contributed by atoms with Gasteiger partial charge in [0.15, 0.2) is 0 Å². The van der Waals surface area contributed by atoms with Crippen molar-refractivity contribution >= 4 is 30.8 Å². The lowest BCUT2D eigenvalue weighted by Crippen LogP contribution is -1.95. The van der Waals surface area contributed by atoms with Crippen LogP contribution in [0.4, 0.5) is 0 Å². The highest BCUT2D eigenvalue weighted by molar-refractivity contribution is 7.35. The first kappa shape index (κ1) is 11.6. The van der Waals surface area contributed by atoms with Crippen molar-refractivity contribution < 1.29 is 0 Å². The Morgan fingerprint density at radius 2 is 2.00 bits per heavy atom. The van der Waals surface area contributed by atoms with E-state index in [-0.39, 0.29) is 0 Å². The van der Waals surface area contributed by atoms with Gasteiger partial charge in [-0.2, -0.15) is 0 Å². The number of rotatable bonds is 2. The van der Waals surface area contributed by atoms with Gasteiger partial charge in [-0.3, -0.25) is 0 Å². The van der Waals surface area contributed by atoms with Crippen LogP contribution in [0.1, 0.15) is 0 Å². The predicted molar refractivity (Wildman–Crippen MR) is 81.8 cm³/mol. The van der Waals surface area contributed by atoms with E-state index in [1.54, 1.807) is 0 Å². The molecule has 6 heteroatoms. The zero-order valence-corrected chi connectivity index (χ0v) is 11.9. The molecule has 0 amide bonds. The van der Waals surface area contributed by atoms with E-state index in [2.05, 4.69) is 38.6 Å². The minimum absolute atomic E-state index is 0.629. The van der Waals surface area contributed by atoms with E-state index in [1.807, 2.05) is 41.2 Å². The zero-order valence-electron chi connectivity index (χ0n) is 10.9. The van der Waals surface area contributed by atoms with Crippen LogP contribution >= 0.6 is 8.73 Å². The molecule has 0 aliphatic rings. The Kier molecular flexibility index (Phi) is 2.54. The second kappa shape index (κ2) is 4.39. The number of para-hydroxylation sites is 1. The van der Waals surface area contributed by atoms with Crippen LogP contribution in [0.15, 0.2) is 48.8 Å². The maximum atomic E-state index is 4.47. The molecule has 0 N–H and O–H groups in total. The van der Waals surface area contributed by atoms with Crippen LogP contribution in [0.3, 0.4) is 0 Å². The first-order valence-electron chi connectivity index (χ1n) is 6.33. The molecule has 5 nitrogen and oxygen atoms in total. The molecule has 0 aliphatic carbocycles. The van der Waals surface area contributed by atoms with E-state index in [0.29, 0.717) is 8.73 Å². The summed E-state index contributed by atoms with van der Waals surface area (Å²) >= 11 is 0. The second-order valence-electron chi connectivity index (χ2n) is 4.47. The molecule has 1 unspecified atom stereocenters. The summed E-state index contributed by atoms with van der Waals surface area (Å²) in [6.07, 6.45) is 3.92. The van der Waals surface area contributed by atoms with Crippen molar-refractivity contribution in [2.24, 2.45) is 0 Å². The normalized spacial score (nSPS) is 12.1. The van der Waals surface area contributed by atoms with Gasteiger partial charge in [-0.1, -0.05) is 17.3 Å². The molecule has 1 atom stereocenters. The number of hydrogen-bond donors (Lipinski definition) is 0. The molecule has 4 rings (SSSR count). The highest BCUT2D eigenvalue weighted by atomic mass is 31.1. The van der Waals surface area contributed by atoms with Crippen LogP contribution in [-0.4, -0.2) is 31.0 Å². The first-order chi connectivity index (χ1) is 9.88. The van der Waals surface area contributed by atoms with E-state index in [1.165, 1.54) is 0 Å². The Labute approximate surface area is 117 Å². The summed E-state index contributed by atoms with van der Waals surface area (Å²) in [4.78, 5) is 4.47. The maximum absolute atomic E-state index is 4.47. The van der Waals surface area contributed by atoms with Gasteiger partial charge in [-0.15, -0.1) is 5.10 Å². The van der Waals surface area contributed by atoms with E-state index in [9.17, 15) is 0 Å². The fraction of sp³-hybridized carbons (Fsp3) is 0.0714. The van der Waals surface area contributed by atoms with Crippen LogP contribution in [0.2, 0.25) is 0 Å². The van der Waals surface area contributed by atoms with E-state index in [0.717, 1.165) is 27.8 Å². The summed E-state index contributed by atoms with van der Waals surface area (Å²) in [5.41, 5.74) is 3.92. The largest absolute Gasteiger partial charge is 0.312 e. The Morgan fingerprint density at radius 1 is 1.10 bits per heavy atom. The van der Waals surface area contributed by atoms with Gasteiger partial charge in [0.2, 0.25) is 0 Å². The topological polar surface area (TPSA) is 48.5 Å². The molecular formula is C14H12N5P. The van der Waals surface area contributed by atoms with Gasteiger partial charge in [0.05, 0.1) is 11.2 Å². The van der Waals surface area contributed by atoms with Crippen LogP contribution in [0, 0.1) is 0 Å². The molecule has 0 aliphatic heterocycles. The summed E-state index contributed by atoms with van der Waals surface area (Å²) in [6.45, 7) is 2.14. The van der Waals surface area contributed by atoms with Crippen molar-refractivity contribution in [1.82, 2.24) is 24.3 Å². The third-order valence-corrected chi connectivity index (χ3v) is 4.19. The number of pyridine rings is 1. The van der Waals surface area contributed by atoms with Crippen LogP contribution in [-0.2, 0) is 0 Å². The van der Waals surface area contributed by atoms with Crippen molar-refractivity contribution in [1.29, 1.82) is 0 Å². The lowest BCUT2D eigenvalue weighted by molar-refractivity contribution is 0.828. The fourth-order valence-corrected chi connectivity index (χ4v) is 3.07. The summed E-state index contributed by atoms with van der Waals surface area (Å²) in [5, 5.41) is 9.61. The second-order valence-corrected chi connectivity index (χ2v) is 5.40. The van der Waals surface area contributed by atoms with Crippen LogP contribution in [0.5, 0.6) is 0 Å². The number of nitrogens with zero attached hydrogens (tertiary/aromatic N) is 5. The SMILES string of the molecule is CPn1cc(-n2nnc3ccccc32)c2cccnc21. The smallest absolute Gasteiger partial charge is 0.145 e. The molecule has 1 aromatic carbocycles. The van der Waals surface area contributed by atoms with E-state index >= 15 is 0 Å². The first-order valence-corrected chi connectivity index (χ1v) is 7.78. The van der Waals surface area contributed by atoms with Gasteiger partial charge in [0, 0.05) is 17.8 Å². The van der Waals surface area contributed by atoms with Gasteiger partial charge in [-0.05, 0) is 39.7 Å². The van der Waals surface area contributed by atoms with Gasteiger partial charge >= 0.3 is 0 Å². The van der Waals surface area contributed by atoms with Crippen LogP contribution in [0.25, 0.3) is 27.8 Å². The molecule has 0 saturated carbocycles. The number of fused-ring (bicyclic) bond motifs is 2. The summed E-state index contributed by atoms with van der Waals surface area (Å²) in [5.74, 6) is 0. The molecule has 0 fully saturated rings. The average molecular weight is 281 g/mol. The molecular weight excluding hydrogens is 269 g/mol. The summed E-state index contributed by atoms with van der Waals surface area (Å²) < 4.78 is 4.04. The van der Waals surface area contributed by atoms with Crippen molar-refractivity contribution in [3.63, 3.8) is 0 Å². The highest BCUT2D eigenvalue weighted by Gasteiger charge is 2.13. The maximum Gasteiger partial charge on any atom is 0.145 e. The molecule has 20 heavy (non-hydrogen) atoms. The quantitative estimate of drug-likeness (QED) is 0.531. The summed E-state index contributed by atoms with van der Waals surface area (Å²) in [7, 11) is 0.629. The Morgan fingerprint density at radius 3 is 2.90 bits per heavy atom. The Bertz CT molecular complexity index is 908.